The van der Waals surface area contributed by atoms with Crippen LogP contribution in [0, 0.1) is 0 Å². The highest BCUT2D eigenvalue weighted by Crippen LogP contribution is 2.22. The molecule has 0 bridgehead atoms. The average Bonchev–Trinajstić information content (AvgIpc) is 2.67. The maximum absolute atomic E-state index is 12.2. The molecule has 0 atom stereocenters. The van der Waals surface area contributed by atoms with Crippen LogP contribution in [0.5, 0.6) is 0 Å². The van der Waals surface area contributed by atoms with Crippen LogP contribution in [-0.4, -0.2) is 9.78 Å². The summed E-state index contributed by atoms with van der Waals surface area (Å²) in [5.74, 6) is 0.448. The molecule has 0 fully saturated rings. The number of unbranched alkanes of at least 4 members (excludes halogenated alkanes) is 1. The zero-order valence-electron chi connectivity index (χ0n) is 11.2. The number of nitrogens with one attached hydrogen (secondary N) is 1. The Morgan fingerprint density at radius 3 is 2.70 bits per heavy atom. The largest absolute Gasteiger partial charge is 0.384 e. The summed E-state index contributed by atoms with van der Waals surface area (Å²) in [4.78, 5) is 12.2. The number of rotatable bonds is 5. The van der Waals surface area contributed by atoms with E-state index >= 15 is 0 Å². The monoisotopic (exact) mass is 313 g/mol. The molecule has 0 aliphatic rings. The molecule has 6 heteroatoms. The summed E-state index contributed by atoms with van der Waals surface area (Å²) in [6.07, 6.45) is 2.67. The molecule has 2 rings (SSSR count). The SMILES string of the molecule is CCCCc1c(N)[nH]n(Cc2ccc(Cl)c(Cl)c2)c1=O. The molecular formula is C14H17Cl2N3O. The van der Waals surface area contributed by atoms with Gasteiger partial charge < -0.3 is 5.73 Å². The number of benzene rings is 1. The van der Waals surface area contributed by atoms with E-state index in [1.165, 1.54) is 4.68 Å². The smallest absolute Gasteiger partial charge is 0.272 e. The zero-order chi connectivity index (χ0) is 14.7. The van der Waals surface area contributed by atoms with Gasteiger partial charge in [-0.2, -0.15) is 0 Å². The number of nitrogens with zero attached hydrogens (tertiary/aromatic N) is 1. The van der Waals surface area contributed by atoms with Gasteiger partial charge in [0.05, 0.1) is 22.2 Å². The Hall–Kier alpha value is -1.39. The minimum absolute atomic E-state index is 0.0676. The summed E-state index contributed by atoms with van der Waals surface area (Å²) in [6, 6.07) is 5.30. The lowest BCUT2D eigenvalue weighted by molar-refractivity contribution is 0.663. The van der Waals surface area contributed by atoms with Crippen molar-refractivity contribution in [2.75, 3.05) is 5.73 Å². The molecule has 0 spiro atoms. The van der Waals surface area contributed by atoms with Gasteiger partial charge in [0, 0.05) is 0 Å². The van der Waals surface area contributed by atoms with Crippen LogP contribution >= 0.6 is 23.2 Å². The highest BCUT2D eigenvalue weighted by Gasteiger charge is 2.12. The molecule has 20 heavy (non-hydrogen) atoms. The van der Waals surface area contributed by atoms with Gasteiger partial charge in [-0.05, 0) is 30.5 Å². The van der Waals surface area contributed by atoms with Gasteiger partial charge in [-0.3, -0.25) is 9.89 Å². The Morgan fingerprint density at radius 1 is 1.30 bits per heavy atom. The molecule has 0 aliphatic carbocycles. The number of halogens is 2. The van der Waals surface area contributed by atoms with E-state index in [1.54, 1.807) is 12.1 Å². The summed E-state index contributed by atoms with van der Waals surface area (Å²) >= 11 is 11.8. The minimum atomic E-state index is -0.0676. The van der Waals surface area contributed by atoms with Crippen LogP contribution in [0.2, 0.25) is 10.0 Å². The van der Waals surface area contributed by atoms with Crippen molar-refractivity contribution in [3.05, 3.63) is 49.7 Å². The number of hydrogen-bond acceptors (Lipinski definition) is 2. The van der Waals surface area contributed by atoms with Gasteiger partial charge in [-0.25, -0.2) is 4.68 Å². The molecule has 0 aliphatic heterocycles. The van der Waals surface area contributed by atoms with Crippen molar-refractivity contribution >= 4 is 29.0 Å². The third-order valence-electron chi connectivity index (χ3n) is 3.19. The standard InChI is InChI=1S/C14H17Cl2N3O/c1-2-3-4-10-13(17)18-19(14(10)20)8-9-5-6-11(15)12(16)7-9/h5-7,18H,2-4,8,17H2,1H3. The Kier molecular flexibility index (Phi) is 4.78. The molecule has 0 saturated carbocycles. The Bertz CT molecular complexity index is 661. The molecule has 108 valence electrons. The lowest BCUT2D eigenvalue weighted by Gasteiger charge is -2.03. The van der Waals surface area contributed by atoms with Gasteiger partial charge in [-0.15, -0.1) is 0 Å². The van der Waals surface area contributed by atoms with Crippen LogP contribution < -0.4 is 11.3 Å². The van der Waals surface area contributed by atoms with Crippen molar-refractivity contribution < 1.29 is 0 Å². The second-order valence-electron chi connectivity index (χ2n) is 4.75. The zero-order valence-corrected chi connectivity index (χ0v) is 12.8. The number of aromatic nitrogens is 2. The fourth-order valence-electron chi connectivity index (χ4n) is 2.07. The van der Waals surface area contributed by atoms with Crippen LogP contribution in [0.25, 0.3) is 0 Å². The van der Waals surface area contributed by atoms with Crippen molar-refractivity contribution in [2.24, 2.45) is 0 Å². The molecule has 1 heterocycles. The fourth-order valence-corrected chi connectivity index (χ4v) is 2.39. The predicted octanol–water partition coefficient (Wildman–Crippen LogP) is 3.46. The molecule has 4 nitrogen and oxygen atoms in total. The highest BCUT2D eigenvalue weighted by atomic mass is 35.5. The first-order valence-electron chi connectivity index (χ1n) is 6.54. The Morgan fingerprint density at radius 2 is 2.05 bits per heavy atom. The summed E-state index contributed by atoms with van der Waals surface area (Å²) in [5.41, 5.74) is 7.35. The average molecular weight is 314 g/mol. The summed E-state index contributed by atoms with van der Waals surface area (Å²) in [7, 11) is 0. The quantitative estimate of drug-likeness (QED) is 0.888. The number of nitrogens with two attached hydrogens (primary N) is 1. The van der Waals surface area contributed by atoms with E-state index < -0.39 is 0 Å². The summed E-state index contributed by atoms with van der Waals surface area (Å²) in [5, 5.41) is 3.88. The normalized spacial score (nSPS) is 10.9. The van der Waals surface area contributed by atoms with E-state index in [1.807, 2.05) is 6.07 Å². The first-order valence-corrected chi connectivity index (χ1v) is 7.29. The third-order valence-corrected chi connectivity index (χ3v) is 3.93. The van der Waals surface area contributed by atoms with E-state index in [2.05, 4.69) is 12.0 Å². The van der Waals surface area contributed by atoms with Crippen LogP contribution in [0.1, 0.15) is 30.9 Å². The van der Waals surface area contributed by atoms with Crippen molar-refractivity contribution in [1.82, 2.24) is 9.78 Å². The summed E-state index contributed by atoms with van der Waals surface area (Å²) in [6.45, 7) is 2.48. The van der Waals surface area contributed by atoms with Gasteiger partial charge in [0.2, 0.25) is 0 Å². The van der Waals surface area contributed by atoms with Gasteiger partial charge in [-0.1, -0.05) is 42.6 Å². The molecule has 0 amide bonds. The first kappa shape index (κ1) is 15.0. The van der Waals surface area contributed by atoms with Gasteiger partial charge in [0.1, 0.15) is 5.82 Å². The van der Waals surface area contributed by atoms with Crippen LogP contribution in [0.15, 0.2) is 23.0 Å². The molecule has 0 unspecified atom stereocenters. The molecule has 1 aromatic heterocycles. The number of nitrogen functional groups attached to an aromatic ring is 1. The molecule has 0 radical (unpaired) electrons. The lowest BCUT2D eigenvalue weighted by atomic mass is 10.1. The Labute approximate surface area is 127 Å². The van der Waals surface area contributed by atoms with Crippen LogP contribution in [-0.2, 0) is 13.0 Å². The van der Waals surface area contributed by atoms with Crippen molar-refractivity contribution in [1.29, 1.82) is 0 Å². The Balaban J connectivity index is 2.25. The summed E-state index contributed by atoms with van der Waals surface area (Å²) < 4.78 is 1.50. The molecule has 3 N–H and O–H groups in total. The minimum Gasteiger partial charge on any atom is -0.384 e. The van der Waals surface area contributed by atoms with Crippen LogP contribution in [0.4, 0.5) is 5.82 Å². The van der Waals surface area contributed by atoms with Crippen molar-refractivity contribution in [3.8, 4) is 0 Å². The molecule has 1 aromatic carbocycles. The van der Waals surface area contributed by atoms with Crippen LogP contribution in [0.3, 0.4) is 0 Å². The van der Waals surface area contributed by atoms with Gasteiger partial charge in [0.25, 0.3) is 5.56 Å². The second kappa shape index (κ2) is 6.37. The van der Waals surface area contributed by atoms with Gasteiger partial charge >= 0.3 is 0 Å². The molecule has 2 aromatic rings. The van der Waals surface area contributed by atoms with Crippen molar-refractivity contribution in [3.63, 3.8) is 0 Å². The number of hydrogen-bond donors (Lipinski definition) is 2. The van der Waals surface area contributed by atoms with Gasteiger partial charge in [0.15, 0.2) is 0 Å². The lowest BCUT2D eigenvalue weighted by Crippen LogP contribution is -2.19. The molecule has 0 saturated heterocycles. The fraction of sp³-hybridized carbons (Fsp3) is 0.357. The number of anilines is 1. The molecular weight excluding hydrogens is 297 g/mol. The van der Waals surface area contributed by atoms with E-state index in [9.17, 15) is 4.79 Å². The van der Waals surface area contributed by atoms with E-state index in [-0.39, 0.29) is 5.56 Å². The predicted molar refractivity (Wildman–Crippen MR) is 83.6 cm³/mol. The topological polar surface area (TPSA) is 63.8 Å². The first-order chi connectivity index (χ1) is 9.52. The van der Waals surface area contributed by atoms with E-state index in [4.69, 9.17) is 28.9 Å². The maximum atomic E-state index is 12.2. The maximum Gasteiger partial charge on any atom is 0.272 e. The van der Waals surface area contributed by atoms with E-state index in [0.717, 1.165) is 18.4 Å². The third kappa shape index (κ3) is 3.19. The second-order valence-corrected chi connectivity index (χ2v) is 5.56. The van der Waals surface area contributed by atoms with E-state index in [0.29, 0.717) is 34.4 Å². The number of H-pyrrole nitrogens is 1. The number of aromatic amines is 1. The highest BCUT2D eigenvalue weighted by molar-refractivity contribution is 6.42. The van der Waals surface area contributed by atoms with Crippen molar-refractivity contribution in [2.45, 2.75) is 32.7 Å².